The van der Waals surface area contributed by atoms with Crippen LogP contribution in [-0.2, 0) is 14.3 Å². The second-order valence-corrected chi connectivity index (χ2v) is 10.4. The number of nitrogens with zero attached hydrogens (tertiary/aromatic N) is 1. The molecule has 0 radical (unpaired) electrons. The number of carboxylic acid groups (broad SMARTS) is 1. The molecule has 1 unspecified atom stereocenters. The maximum absolute atomic E-state index is 13.3. The summed E-state index contributed by atoms with van der Waals surface area (Å²) in [7, 11) is 0. The van der Waals surface area contributed by atoms with Crippen LogP contribution in [0.5, 0.6) is 0 Å². The van der Waals surface area contributed by atoms with Gasteiger partial charge in [-0.1, -0.05) is 62.4 Å². The Morgan fingerprint density at radius 3 is 2.26 bits per heavy atom. The number of amides is 2. The van der Waals surface area contributed by atoms with Gasteiger partial charge in [0.25, 0.3) is 0 Å². The van der Waals surface area contributed by atoms with Crippen LogP contribution in [0.15, 0.2) is 48.5 Å². The summed E-state index contributed by atoms with van der Waals surface area (Å²) in [6.07, 6.45) is 0.960. The molecule has 2 aliphatic rings. The van der Waals surface area contributed by atoms with Crippen molar-refractivity contribution in [2.75, 3.05) is 19.7 Å². The van der Waals surface area contributed by atoms with Crippen LogP contribution in [0.2, 0.25) is 0 Å². The lowest BCUT2D eigenvalue weighted by atomic mass is 9.81. The Labute approximate surface area is 206 Å². The number of hydrogen-bond acceptors (Lipinski definition) is 4. The van der Waals surface area contributed by atoms with E-state index in [4.69, 9.17) is 4.74 Å². The number of carbonyl (C=O) groups excluding carboxylic acids is 2. The van der Waals surface area contributed by atoms with E-state index in [0.29, 0.717) is 25.8 Å². The Kier molecular flexibility index (Phi) is 7.15. The van der Waals surface area contributed by atoms with Gasteiger partial charge < -0.3 is 20.1 Å². The van der Waals surface area contributed by atoms with Crippen LogP contribution < -0.4 is 5.32 Å². The molecule has 2 amide bonds. The molecule has 1 aliphatic heterocycles. The van der Waals surface area contributed by atoms with Gasteiger partial charge in [-0.2, -0.15) is 0 Å². The summed E-state index contributed by atoms with van der Waals surface area (Å²) >= 11 is 0. The van der Waals surface area contributed by atoms with Crippen LogP contribution in [-0.4, -0.2) is 53.7 Å². The number of fused-ring (bicyclic) bond motifs is 3. The predicted molar refractivity (Wildman–Crippen MR) is 133 cm³/mol. The van der Waals surface area contributed by atoms with Crippen molar-refractivity contribution in [3.63, 3.8) is 0 Å². The number of piperidine rings is 1. The number of rotatable bonds is 7. The smallest absolute Gasteiger partial charge is 0.407 e. The van der Waals surface area contributed by atoms with E-state index >= 15 is 0 Å². The van der Waals surface area contributed by atoms with Crippen LogP contribution in [0.25, 0.3) is 11.1 Å². The van der Waals surface area contributed by atoms with E-state index in [1.54, 1.807) is 11.8 Å². The first-order valence-corrected chi connectivity index (χ1v) is 12.3. The lowest BCUT2D eigenvalue weighted by Gasteiger charge is -2.39. The van der Waals surface area contributed by atoms with Gasteiger partial charge in [0.1, 0.15) is 12.6 Å². The molecule has 186 valence electrons. The third kappa shape index (κ3) is 5.19. The SMILES string of the molecule is CC(C)C[C@@H](NC(=O)OCC1c2ccccc2-c2ccccc21)C(=O)N1CCCC(C)(C(=O)O)C1. The largest absolute Gasteiger partial charge is 0.481 e. The molecule has 1 saturated heterocycles. The predicted octanol–water partition coefficient (Wildman–Crippen LogP) is 4.65. The molecule has 0 spiro atoms. The zero-order valence-corrected chi connectivity index (χ0v) is 20.6. The average molecular weight is 479 g/mol. The molecule has 2 atom stereocenters. The second-order valence-electron chi connectivity index (χ2n) is 10.4. The minimum Gasteiger partial charge on any atom is -0.481 e. The van der Waals surface area contributed by atoms with E-state index < -0.39 is 23.5 Å². The average Bonchev–Trinajstić information content (AvgIpc) is 3.15. The monoisotopic (exact) mass is 478 g/mol. The van der Waals surface area contributed by atoms with Crippen LogP contribution in [0.4, 0.5) is 4.79 Å². The number of likely N-dealkylation sites (tertiary alicyclic amines) is 1. The summed E-state index contributed by atoms with van der Waals surface area (Å²) in [5.41, 5.74) is 3.57. The Bertz CT molecular complexity index is 1070. The highest BCUT2D eigenvalue weighted by molar-refractivity contribution is 5.87. The summed E-state index contributed by atoms with van der Waals surface area (Å²) < 4.78 is 5.65. The number of carboxylic acids is 1. The van der Waals surface area contributed by atoms with Gasteiger partial charge in [-0.3, -0.25) is 9.59 Å². The summed E-state index contributed by atoms with van der Waals surface area (Å²) in [5.74, 6) is -1.06. The fourth-order valence-electron chi connectivity index (χ4n) is 5.30. The molecule has 1 heterocycles. The Hall–Kier alpha value is -3.35. The summed E-state index contributed by atoms with van der Waals surface area (Å²) in [6.45, 7) is 6.44. The molecule has 0 aromatic heterocycles. The van der Waals surface area contributed by atoms with Crippen molar-refractivity contribution in [1.29, 1.82) is 0 Å². The van der Waals surface area contributed by atoms with Crippen molar-refractivity contribution in [2.24, 2.45) is 11.3 Å². The number of ether oxygens (including phenoxy) is 1. The van der Waals surface area contributed by atoms with Gasteiger partial charge in [0, 0.05) is 19.0 Å². The lowest BCUT2D eigenvalue weighted by Crippen LogP contribution is -2.55. The van der Waals surface area contributed by atoms with Gasteiger partial charge in [0.2, 0.25) is 5.91 Å². The van der Waals surface area contributed by atoms with Crippen molar-refractivity contribution in [1.82, 2.24) is 10.2 Å². The van der Waals surface area contributed by atoms with Crippen molar-refractivity contribution in [3.05, 3.63) is 59.7 Å². The van der Waals surface area contributed by atoms with E-state index in [9.17, 15) is 19.5 Å². The standard InChI is InChI=1S/C28H34N2O5/c1-18(2)15-24(25(31)30-14-8-13-28(3,17-30)26(32)33)29-27(34)35-16-23-21-11-6-4-9-19(21)20-10-5-7-12-22(20)23/h4-7,9-12,18,23-24H,8,13-17H2,1-3H3,(H,29,34)(H,32,33)/t24-,28?/m1/s1. The van der Waals surface area contributed by atoms with E-state index in [1.165, 1.54) is 0 Å². The molecule has 0 bridgehead atoms. The molecule has 2 N–H and O–H groups in total. The molecule has 1 aliphatic carbocycles. The number of benzene rings is 2. The van der Waals surface area contributed by atoms with Gasteiger partial charge >= 0.3 is 12.1 Å². The molecular formula is C28H34N2O5. The molecule has 0 saturated carbocycles. The van der Waals surface area contributed by atoms with E-state index in [1.807, 2.05) is 38.1 Å². The number of alkyl carbamates (subject to hydrolysis) is 1. The third-order valence-electron chi connectivity index (χ3n) is 7.17. The third-order valence-corrected chi connectivity index (χ3v) is 7.17. The van der Waals surface area contributed by atoms with Crippen LogP contribution in [0.3, 0.4) is 0 Å². The molecule has 7 heteroatoms. The zero-order valence-electron chi connectivity index (χ0n) is 20.6. The van der Waals surface area contributed by atoms with Gasteiger partial charge in [0.05, 0.1) is 5.41 Å². The van der Waals surface area contributed by atoms with E-state index in [0.717, 1.165) is 22.3 Å². The Morgan fingerprint density at radius 2 is 1.69 bits per heavy atom. The number of carbonyl (C=O) groups is 3. The molecule has 35 heavy (non-hydrogen) atoms. The zero-order chi connectivity index (χ0) is 25.2. The van der Waals surface area contributed by atoms with Gasteiger partial charge in [0.15, 0.2) is 0 Å². The maximum Gasteiger partial charge on any atom is 0.407 e. The highest BCUT2D eigenvalue weighted by atomic mass is 16.5. The van der Waals surface area contributed by atoms with E-state index in [2.05, 4.69) is 29.6 Å². The van der Waals surface area contributed by atoms with Gasteiger partial charge in [-0.05, 0) is 54.4 Å². The summed E-state index contributed by atoms with van der Waals surface area (Å²) in [4.78, 5) is 39.5. The molecule has 2 aromatic carbocycles. The molecular weight excluding hydrogens is 444 g/mol. The van der Waals surface area contributed by atoms with Crippen molar-refractivity contribution in [3.8, 4) is 11.1 Å². The van der Waals surface area contributed by atoms with Gasteiger partial charge in [-0.15, -0.1) is 0 Å². The highest BCUT2D eigenvalue weighted by Gasteiger charge is 2.41. The first-order chi connectivity index (χ1) is 16.7. The normalized spacial score (nSPS) is 20.2. The van der Waals surface area contributed by atoms with Gasteiger partial charge in [-0.25, -0.2) is 4.79 Å². The molecule has 1 fully saturated rings. The second kappa shape index (κ2) is 10.1. The van der Waals surface area contributed by atoms with Crippen LogP contribution in [0.1, 0.15) is 57.1 Å². The number of nitrogens with one attached hydrogen (secondary N) is 1. The number of hydrogen-bond donors (Lipinski definition) is 2. The van der Waals surface area contributed by atoms with Crippen molar-refractivity contribution in [2.45, 2.75) is 52.0 Å². The summed E-state index contributed by atoms with van der Waals surface area (Å²) in [5, 5.41) is 12.4. The Balaban J connectivity index is 1.43. The first-order valence-electron chi connectivity index (χ1n) is 12.3. The molecule has 7 nitrogen and oxygen atoms in total. The molecule has 4 rings (SSSR count). The van der Waals surface area contributed by atoms with Crippen LogP contribution >= 0.6 is 0 Å². The van der Waals surface area contributed by atoms with Crippen molar-refractivity contribution < 1.29 is 24.2 Å². The fourth-order valence-corrected chi connectivity index (χ4v) is 5.30. The maximum atomic E-state index is 13.3. The quantitative estimate of drug-likeness (QED) is 0.604. The van der Waals surface area contributed by atoms with Crippen LogP contribution in [0, 0.1) is 11.3 Å². The van der Waals surface area contributed by atoms with E-state index in [-0.39, 0.29) is 30.9 Å². The fraction of sp³-hybridized carbons (Fsp3) is 0.464. The molecule has 2 aromatic rings. The van der Waals surface area contributed by atoms with Crippen molar-refractivity contribution >= 4 is 18.0 Å². The summed E-state index contributed by atoms with van der Waals surface area (Å²) in [6, 6.07) is 15.5. The minimum absolute atomic E-state index is 0.0641. The first kappa shape index (κ1) is 24.8. The highest BCUT2D eigenvalue weighted by Crippen LogP contribution is 2.44. The minimum atomic E-state index is -0.972. The lowest BCUT2D eigenvalue weighted by molar-refractivity contribution is -0.154. The Morgan fingerprint density at radius 1 is 1.09 bits per heavy atom. The number of aliphatic carboxylic acids is 1. The topological polar surface area (TPSA) is 95.9 Å².